The van der Waals surface area contributed by atoms with Crippen LogP contribution in [0.4, 0.5) is 5.13 Å². The quantitative estimate of drug-likeness (QED) is 0.765. The van der Waals surface area contributed by atoms with Crippen molar-refractivity contribution in [3.05, 3.63) is 5.51 Å². The molecule has 4 nitrogen and oxygen atoms in total. The minimum absolute atomic E-state index is 0.0822. The number of anilines is 1. The van der Waals surface area contributed by atoms with Gasteiger partial charge in [-0.2, -0.15) is 0 Å². The van der Waals surface area contributed by atoms with Crippen molar-refractivity contribution in [3.8, 4) is 0 Å². The van der Waals surface area contributed by atoms with E-state index in [1.807, 2.05) is 0 Å². The number of aromatic nitrogens is 2. The summed E-state index contributed by atoms with van der Waals surface area (Å²) in [6.07, 6.45) is 2.91. The SMILES string of the molecule is OC1CCC(CNc2nncs2)C1. The van der Waals surface area contributed by atoms with Crippen LogP contribution in [0.3, 0.4) is 0 Å². The van der Waals surface area contributed by atoms with E-state index in [9.17, 15) is 5.11 Å². The molecule has 1 fully saturated rings. The third-order valence-electron chi connectivity index (χ3n) is 2.42. The van der Waals surface area contributed by atoms with Crippen molar-refractivity contribution in [2.24, 2.45) is 5.92 Å². The molecule has 0 aliphatic heterocycles. The average Bonchev–Trinajstić information content (AvgIpc) is 2.71. The first-order valence-electron chi connectivity index (χ1n) is 4.52. The van der Waals surface area contributed by atoms with E-state index < -0.39 is 0 Å². The highest BCUT2D eigenvalue weighted by Crippen LogP contribution is 2.25. The van der Waals surface area contributed by atoms with Gasteiger partial charge in [-0.25, -0.2) is 0 Å². The lowest BCUT2D eigenvalue weighted by Gasteiger charge is -2.08. The largest absolute Gasteiger partial charge is 0.393 e. The lowest BCUT2D eigenvalue weighted by Crippen LogP contribution is -2.12. The Morgan fingerprint density at radius 2 is 2.54 bits per heavy atom. The molecule has 2 N–H and O–H groups in total. The monoisotopic (exact) mass is 199 g/mol. The van der Waals surface area contributed by atoms with E-state index >= 15 is 0 Å². The highest BCUT2D eigenvalue weighted by Gasteiger charge is 2.22. The van der Waals surface area contributed by atoms with Crippen LogP contribution in [-0.4, -0.2) is 28.0 Å². The van der Waals surface area contributed by atoms with Gasteiger partial charge in [0.2, 0.25) is 5.13 Å². The van der Waals surface area contributed by atoms with Crippen LogP contribution >= 0.6 is 11.3 Å². The molecule has 1 heterocycles. The summed E-state index contributed by atoms with van der Waals surface area (Å²) < 4.78 is 0. The highest BCUT2D eigenvalue weighted by molar-refractivity contribution is 7.13. The van der Waals surface area contributed by atoms with Gasteiger partial charge in [0.1, 0.15) is 5.51 Å². The Hall–Kier alpha value is -0.680. The van der Waals surface area contributed by atoms with E-state index in [2.05, 4.69) is 15.5 Å². The predicted octanol–water partition coefficient (Wildman–Crippen LogP) is 1.11. The average molecular weight is 199 g/mol. The number of hydrogen-bond donors (Lipinski definition) is 2. The summed E-state index contributed by atoms with van der Waals surface area (Å²) in [7, 11) is 0. The molecule has 2 atom stereocenters. The molecule has 0 amide bonds. The first-order chi connectivity index (χ1) is 6.34. The number of hydrogen-bond acceptors (Lipinski definition) is 5. The second kappa shape index (κ2) is 4.02. The van der Waals surface area contributed by atoms with Crippen LogP contribution in [0.25, 0.3) is 0 Å². The van der Waals surface area contributed by atoms with Gasteiger partial charge in [0.15, 0.2) is 0 Å². The van der Waals surface area contributed by atoms with Crippen molar-refractivity contribution in [2.45, 2.75) is 25.4 Å². The standard InChI is InChI=1S/C8H13N3OS/c12-7-2-1-6(3-7)4-9-8-11-10-5-13-8/h5-7,12H,1-4H2,(H,9,11). The van der Waals surface area contributed by atoms with E-state index in [4.69, 9.17) is 0 Å². The topological polar surface area (TPSA) is 58.0 Å². The van der Waals surface area contributed by atoms with E-state index in [0.29, 0.717) is 5.92 Å². The first kappa shape index (κ1) is 8.90. The highest BCUT2D eigenvalue weighted by atomic mass is 32.1. The van der Waals surface area contributed by atoms with Crippen LogP contribution in [-0.2, 0) is 0 Å². The van der Waals surface area contributed by atoms with E-state index in [-0.39, 0.29) is 6.10 Å². The zero-order valence-electron chi connectivity index (χ0n) is 7.31. The Kier molecular flexibility index (Phi) is 2.75. The molecule has 2 rings (SSSR count). The predicted molar refractivity (Wildman–Crippen MR) is 51.7 cm³/mol. The molecule has 0 aromatic carbocycles. The number of nitrogens with zero attached hydrogens (tertiary/aromatic N) is 2. The summed E-state index contributed by atoms with van der Waals surface area (Å²) in [5.41, 5.74) is 1.71. The Morgan fingerprint density at radius 3 is 3.15 bits per heavy atom. The van der Waals surface area contributed by atoms with Crippen molar-refractivity contribution in [2.75, 3.05) is 11.9 Å². The van der Waals surface area contributed by atoms with E-state index in [1.165, 1.54) is 11.3 Å². The van der Waals surface area contributed by atoms with Gasteiger partial charge in [-0.15, -0.1) is 10.2 Å². The molecule has 5 heteroatoms. The van der Waals surface area contributed by atoms with Crippen LogP contribution in [0.1, 0.15) is 19.3 Å². The van der Waals surface area contributed by atoms with Crippen molar-refractivity contribution in [1.29, 1.82) is 0 Å². The Balaban J connectivity index is 1.74. The third kappa shape index (κ3) is 2.38. The zero-order valence-corrected chi connectivity index (χ0v) is 8.13. The molecule has 1 aliphatic carbocycles. The maximum absolute atomic E-state index is 9.30. The summed E-state index contributed by atoms with van der Waals surface area (Å²) in [6, 6.07) is 0. The van der Waals surface area contributed by atoms with E-state index in [1.54, 1.807) is 5.51 Å². The van der Waals surface area contributed by atoms with Gasteiger partial charge in [0.05, 0.1) is 6.10 Å². The Labute approximate surface area is 81.0 Å². The van der Waals surface area contributed by atoms with Crippen molar-refractivity contribution < 1.29 is 5.11 Å². The fourth-order valence-corrected chi connectivity index (χ4v) is 2.17. The molecule has 0 saturated heterocycles. The number of rotatable bonds is 3. The van der Waals surface area contributed by atoms with Crippen LogP contribution < -0.4 is 5.32 Å². The summed E-state index contributed by atoms with van der Waals surface area (Å²) >= 11 is 1.51. The first-order valence-corrected chi connectivity index (χ1v) is 5.40. The Morgan fingerprint density at radius 1 is 1.62 bits per heavy atom. The molecule has 1 aromatic heterocycles. The summed E-state index contributed by atoms with van der Waals surface area (Å²) in [4.78, 5) is 0. The van der Waals surface area contributed by atoms with Gasteiger partial charge >= 0.3 is 0 Å². The minimum Gasteiger partial charge on any atom is -0.393 e. The van der Waals surface area contributed by atoms with Crippen molar-refractivity contribution in [1.82, 2.24) is 10.2 Å². The molecule has 1 aliphatic rings. The molecular weight excluding hydrogens is 186 g/mol. The molecule has 1 saturated carbocycles. The summed E-state index contributed by atoms with van der Waals surface area (Å²) in [6.45, 7) is 0.909. The van der Waals surface area contributed by atoms with Gasteiger partial charge in [0.25, 0.3) is 0 Å². The second-order valence-electron chi connectivity index (χ2n) is 3.46. The van der Waals surface area contributed by atoms with Crippen LogP contribution in [0, 0.1) is 5.92 Å². The fraction of sp³-hybridized carbons (Fsp3) is 0.750. The lowest BCUT2D eigenvalue weighted by atomic mass is 10.1. The zero-order chi connectivity index (χ0) is 9.10. The van der Waals surface area contributed by atoms with Gasteiger partial charge in [0, 0.05) is 6.54 Å². The molecule has 2 unspecified atom stereocenters. The third-order valence-corrected chi connectivity index (χ3v) is 3.06. The van der Waals surface area contributed by atoms with E-state index in [0.717, 1.165) is 30.9 Å². The van der Waals surface area contributed by atoms with Gasteiger partial charge in [-0.1, -0.05) is 11.3 Å². The number of nitrogens with one attached hydrogen (secondary N) is 1. The number of aliphatic hydroxyl groups excluding tert-OH is 1. The molecule has 1 aromatic rings. The maximum Gasteiger partial charge on any atom is 0.205 e. The number of aliphatic hydroxyl groups is 1. The second-order valence-corrected chi connectivity index (χ2v) is 4.29. The Bertz CT molecular complexity index is 252. The minimum atomic E-state index is -0.0822. The van der Waals surface area contributed by atoms with Crippen molar-refractivity contribution >= 4 is 16.5 Å². The normalized spacial score (nSPS) is 27.8. The van der Waals surface area contributed by atoms with Crippen LogP contribution in [0.5, 0.6) is 0 Å². The van der Waals surface area contributed by atoms with Crippen molar-refractivity contribution in [3.63, 3.8) is 0 Å². The van der Waals surface area contributed by atoms with Gasteiger partial charge in [-0.3, -0.25) is 0 Å². The van der Waals surface area contributed by atoms with Crippen LogP contribution in [0.2, 0.25) is 0 Å². The molecule has 72 valence electrons. The molecule has 0 spiro atoms. The lowest BCUT2D eigenvalue weighted by molar-refractivity contribution is 0.178. The van der Waals surface area contributed by atoms with Gasteiger partial charge < -0.3 is 10.4 Å². The molecule has 0 bridgehead atoms. The summed E-state index contributed by atoms with van der Waals surface area (Å²) in [5, 5.41) is 21.0. The smallest absolute Gasteiger partial charge is 0.205 e. The van der Waals surface area contributed by atoms with Crippen LogP contribution in [0.15, 0.2) is 5.51 Å². The van der Waals surface area contributed by atoms with Gasteiger partial charge in [-0.05, 0) is 25.2 Å². The summed E-state index contributed by atoms with van der Waals surface area (Å²) in [5.74, 6) is 0.596. The maximum atomic E-state index is 9.30. The molecule has 0 radical (unpaired) electrons. The molecular formula is C8H13N3OS. The molecule has 13 heavy (non-hydrogen) atoms. The fourth-order valence-electron chi connectivity index (χ4n) is 1.72.